The molecule has 0 aliphatic carbocycles. The van der Waals surface area contributed by atoms with Crippen molar-refractivity contribution in [2.24, 2.45) is 0 Å². The van der Waals surface area contributed by atoms with Gasteiger partial charge in [0.2, 0.25) is 0 Å². The average Bonchev–Trinajstić information content (AvgIpc) is 2.73. The molecule has 10 nitrogen and oxygen atoms in total. The molecule has 0 saturated heterocycles. The first-order valence-electron chi connectivity index (χ1n) is 8.75. The molecule has 0 saturated carbocycles. The fourth-order valence-electron chi connectivity index (χ4n) is 2.53. The van der Waals surface area contributed by atoms with E-state index in [2.05, 4.69) is 31.7 Å². The third-order valence-electron chi connectivity index (χ3n) is 4.00. The molecule has 2 amide bonds. The summed E-state index contributed by atoms with van der Waals surface area (Å²) in [7, 11) is 0. The molecule has 3 aromatic rings. The topological polar surface area (TPSA) is 151 Å². The summed E-state index contributed by atoms with van der Waals surface area (Å²) in [5.41, 5.74) is -0.0933. The molecule has 0 spiro atoms. The van der Waals surface area contributed by atoms with Crippen LogP contribution in [0.15, 0.2) is 63.9 Å². The zero-order valence-corrected chi connectivity index (χ0v) is 17.3. The minimum atomic E-state index is -1.17. The van der Waals surface area contributed by atoms with Gasteiger partial charge < -0.3 is 20.8 Å². The van der Waals surface area contributed by atoms with Crippen LogP contribution in [0.5, 0.6) is 5.75 Å². The van der Waals surface area contributed by atoms with Gasteiger partial charge in [-0.2, -0.15) is 9.78 Å². The van der Waals surface area contributed by atoms with Gasteiger partial charge in [0.15, 0.2) is 11.4 Å². The number of carboxylic acids is 1. The van der Waals surface area contributed by atoms with Gasteiger partial charge in [-0.1, -0.05) is 15.9 Å². The van der Waals surface area contributed by atoms with Crippen LogP contribution >= 0.6 is 15.9 Å². The smallest absolute Gasteiger partial charge is 0.322 e. The average molecular weight is 487 g/mol. The van der Waals surface area contributed by atoms with E-state index in [-0.39, 0.29) is 11.3 Å². The minimum absolute atomic E-state index is 0.198. The Balaban J connectivity index is 1.79. The molecule has 11 heteroatoms. The van der Waals surface area contributed by atoms with E-state index in [1.807, 2.05) is 0 Å². The van der Waals surface area contributed by atoms with Crippen LogP contribution in [-0.2, 0) is 4.79 Å². The number of halogens is 1. The van der Waals surface area contributed by atoms with Crippen LogP contribution in [0.2, 0.25) is 0 Å². The number of amides is 2. The van der Waals surface area contributed by atoms with E-state index >= 15 is 0 Å². The number of benzene rings is 2. The summed E-state index contributed by atoms with van der Waals surface area (Å²) in [5, 5.41) is 27.3. The maximum absolute atomic E-state index is 12.6. The number of aromatic hydroxyl groups is 1. The highest BCUT2D eigenvalue weighted by Crippen LogP contribution is 2.17. The van der Waals surface area contributed by atoms with Gasteiger partial charge in [0.1, 0.15) is 6.54 Å². The van der Waals surface area contributed by atoms with Gasteiger partial charge >= 0.3 is 5.97 Å². The molecule has 0 radical (unpaired) electrons. The van der Waals surface area contributed by atoms with Gasteiger partial charge in [0.25, 0.3) is 17.4 Å². The second kappa shape index (κ2) is 9.22. The quantitative estimate of drug-likeness (QED) is 0.414. The number of rotatable bonds is 6. The number of nitrogens with one attached hydrogen (secondary N) is 2. The predicted molar refractivity (Wildman–Crippen MR) is 114 cm³/mol. The Morgan fingerprint density at radius 1 is 1.00 bits per heavy atom. The number of carbonyl (C=O) groups excluding carboxylic acids is 2. The molecule has 2 aromatic carbocycles. The van der Waals surface area contributed by atoms with Crippen molar-refractivity contribution in [3.8, 4) is 11.4 Å². The van der Waals surface area contributed by atoms with Crippen LogP contribution < -0.4 is 16.2 Å². The van der Waals surface area contributed by atoms with Gasteiger partial charge in [0, 0.05) is 21.8 Å². The second-order valence-corrected chi connectivity index (χ2v) is 7.13. The van der Waals surface area contributed by atoms with E-state index in [0.29, 0.717) is 11.4 Å². The Morgan fingerprint density at radius 3 is 2.26 bits per heavy atom. The Kier molecular flexibility index (Phi) is 6.46. The molecule has 3 rings (SSSR count). The Bertz CT molecular complexity index is 1210. The lowest BCUT2D eigenvalue weighted by molar-refractivity contribution is -0.135. The normalized spacial score (nSPS) is 10.4. The monoisotopic (exact) mass is 486 g/mol. The molecule has 1 heterocycles. The standard InChI is InChI=1S/C20H15BrN4O6/c21-12-3-7-14(8-4-12)25-16(27)9-15(26)18(24-25)20(31)23-13-5-1-11(2-6-13)19(30)22-10-17(28)29/h1-9,26H,10H2,(H,22,30)(H,23,31)(H,28,29). The van der Waals surface area contributed by atoms with Gasteiger partial charge in [-0.3, -0.25) is 19.2 Å². The van der Waals surface area contributed by atoms with E-state index in [4.69, 9.17) is 5.11 Å². The maximum atomic E-state index is 12.6. The number of carbonyl (C=O) groups is 3. The molecule has 1 aromatic heterocycles. The first-order valence-corrected chi connectivity index (χ1v) is 9.54. The van der Waals surface area contributed by atoms with E-state index < -0.39 is 35.6 Å². The zero-order chi connectivity index (χ0) is 22.5. The van der Waals surface area contributed by atoms with Crippen molar-refractivity contribution in [2.75, 3.05) is 11.9 Å². The third-order valence-corrected chi connectivity index (χ3v) is 4.53. The van der Waals surface area contributed by atoms with Crippen molar-refractivity contribution >= 4 is 39.4 Å². The molecule has 0 aliphatic heterocycles. The Morgan fingerprint density at radius 2 is 1.65 bits per heavy atom. The lowest BCUT2D eigenvalue weighted by Crippen LogP contribution is -2.29. The molecule has 0 fully saturated rings. The fraction of sp³-hybridized carbons (Fsp3) is 0.0500. The number of aromatic nitrogens is 2. The SMILES string of the molecule is O=C(O)CNC(=O)c1ccc(NC(=O)c2nn(-c3ccc(Br)cc3)c(=O)cc2O)cc1. The largest absolute Gasteiger partial charge is 0.505 e. The summed E-state index contributed by atoms with van der Waals surface area (Å²) in [4.78, 5) is 47.1. The van der Waals surface area contributed by atoms with Gasteiger partial charge in [-0.05, 0) is 48.5 Å². The first kappa shape index (κ1) is 21.7. The van der Waals surface area contributed by atoms with Gasteiger partial charge in [-0.25, -0.2) is 0 Å². The molecule has 4 N–H and O–H groups in total. The van der Waals surface area contributed by atoms with E-state index in [1.54, 1.807) is 24.3 Å². The van der Waals surface area contributed by atoms with E-state index in [9.17, 15) is 24.3 Å². The van der Waals surface area contributed by atoms with Crippen molar-refractivity contribution in [3.05, 3.63) is 80.7 Å². The molecule has 0 aliphatic rings. The Hall–Kier alpha value is -3.99. The fourth-order valence-corrected chi connectivity index (χ4v) is 2.79. The third kappa shape index (κ3) is 5.34. The van der Waals surface area contributed by atoms with Crippen LogP contribution in [0.1, 0.15) is 20.8 Å². The summed E-state index contributed by atoms with van der Waals surface area (Å²) in [6.07, 6.45) is 0. The second-order valence-electron chi connectivity index (χ2n) is 6.21. The number of hydrogen-bond donors (Lipinski definition) is 4. The van der Waals surface area contributed by atoms with Crippen LogP contribution in [0.25, 0.3) is 5.69 Å². The number of aliphatic carboxylic acids is 1. The minimum Gasteiger partial charge on any atom is -0.505 e. The Labute approximate surface area is 183 Å². The molecule has 158 valence electrons. The van der Waals surface area contributed by atoms with Crippen LogP contribution in [0.3, 0.4) is 0 Å². The predicted octanol–water partition coefficient (Wildman–Crippen LogP) is 1.77. The molecule has 0 atom stereocenters. The van der Waals surface area contributed by atoms with E-state index in [1.165, 1.54) is 24.3 Å². The highest BCUT2D eigenvalue weighted by atomic mass is 79.9. The summed E-state index contributed by atoms with van der Waals surface area (Å²) in [6, 6.07) is 13.2. The van der Waals surface area contributed by atoms with Gasteiger partial charge in [-0.15, -0.1) is 0 Å². The van der Waals surface area contributed by atoms with Crippen molar-refractivity contribution in [1.29, 1.82) is 0 Å². The van der Waals surface area contributed by atoms with Crippen LogP contribution in [0, 0.1) is 0 Å². The summed E-state index contributed by atoms with van der Waals surface area (Å²) >= 11 is 3.29. The summed E-state index contributed by atoms with van der Waals surface area (Å²) < 4.78 is 1.78. The van der Waals surface area contributed by atoms with E-state index in [0.717, 1.165) is 15.2 Å². The van der Waals surface area contributed by atoms with Gasteiger partial charge in [0.05, 0.1) is 5.69 Å². The van der Waals surface area contributed by atoms with Crippen LogP contribution in [-0.4, -0.2) is 44.3 Å². The number of anilines is 1. The maximum Gasteiger partial charge on any atom is 0.322 e. The molecule has 31 heavy (non-hydrogen) atoms. The highest BCUT2D eigenvalue weighted by Gasteiger charge is 2.17. The molecule has 0 bridgehead atoms. The molecular formula is C20H15BrN4O6. The lowest BCUT2D eigenvalue weighted by Gasteiger charge is -2.10. The number of hydrogen-bond acceptors (Lipinski definition) is 6. The number of carboxylic acid groups (broad SMARTS) is 1. The molecular weight excluding hydrogens is 472 g/mol. The van der Waals surface area contributed by atoms with Crippen LogP contribution in [0.4, 0.5) is 5.69 Å². The molecule has 0 unspecified atom stereocenters. The summed E-state index contributed by atoms with van der Waals surface area (Å²) in [6.45, 7) is -0.518. The van der Waals surface area contributed by atoms with Crippen molar-refractivity contribution in [2.45, 2.75) is 0 Å². The van der Waals surface area contributed by atoms with Crippen molar-refractivity contribution in [1.82, 2.24) is 15.1 Å². The number of nitrogens with zero attached hydrogens (tertiary/aromatic N) is 2. The zero-order valence-electron chi connectivity index (χ0n) is 15.7. The first-order chi connectivity index (χ1) is 14.7. The van der Waals surface area contributed by atoms with Crippen molar-refractivity contribution in [3.63, 3.8) is 0 Å². The highest BCUT2D eigenvalue weighted by molar-refractivity contribution is 9.10. The summed E-state index contributed by atoms with van der Waals surface area (Å²) in [5.74, 6) is -3.11. The van der Waals surface area contributed by atoms with Crippen molar-refractivity contribution < 1.29 is 24.6 Å². The lowest BCUT2D eigenvalue weighted by atomic mass is 10.2.